The minimum atomic E-state index is -4.03. The summed E-state index contributed by atoms with van der Waals surface area (Å²) in [5.74, 6) is -0.903. The maximum absolute atomic E-state index is 13.2. The zero-order chi connectivity index (χ0) is 19.4. The van der Waals surface area contributed by atoms with E-state index < -0.39 is 21.7 Å². The molecule has 0 radical (unpaired) electrons. The van der Waals surface area contributed by atoms with Crippen molar-refractivity contribution in [3.05, 3.63) is 78.4 Å². The van der Waals surface area contributed by atoms with Gasteiger partial charge < -0.3 is 10.5 Å². The summed E-state index contributed by atoms with van der Waals surface area (Å²) < 4.78 is 45.9. The molecule has 0 aliphatic carbocycles. The fourth-order valence-electron chi connectivity index (χ4n) is 2.26. The summed E-state index contributed by atoms with van der Waals surface area (Å²) in [6.45, 7) is 0. The summed E-state index contributed by atoms with van der Waals surface area (Å²) in [5.41, 5.74) is 5.69. The van der Waals surface area contributed by atoms with E-state index in [1.807, 2.05) is 0 Å². The smallest absolute Gasteiger partial charge is 0.263 e. The van der Waals surface area contributed by atoms with Gasteiger partial charge in [0.1, 0.15) is 22.2 Å². The first-order chi connectivity index (χ1) is 12.8. The average Bonchev–Trinajstić information content (AvgIpc) is 2.62. The number of anilines is 1. The van der Waals surface area contributed by atoms with Gasteiger partial charge in [-0.2, -0.15) is 0 Å². The van der Waals surface area contributed by atoms with Crippen LogP contribution in [-0.4, -0.2) is 19.3 Å². The highest BCUT2D eigenvalue weighted by atomic mass is 32.2. The molecule has 1 aromatic heterocycles. The van der Waals surface area contributed by atoms with Crippen LogP contribution >= 0.6 is 0 Å². The van der Waals surface area contributed by atoms with Crippen LogP contribution in [0.5, 0.6) is 11.5 Å². The second kappa shape index (κ2) is 7.42. The second-order valence-corrected chi connectivity index (χ2v) is 7.12. The van der Waals surface area contributed by atoms with Gasteiger partial charge in [0.15, 0.2) is 0 Å². The number of carbonyl (C=O) groups excluding carboxylic acids is 1. The molecule has 0 spiro atoms. The third-order valence-corrected chi connectivity index (χ3v) is 4.80. The molecule has 0 saturated carbocycles. The SMILES string of the molecule is NC(=O)c1ccccc1Oc1cccc(NS(=O)(=O)c2cncc(F)c2)c1. The molecule has 0 bridgehead atoms. The Morgan fingerprint density at radius 2 is 1.85 bits per heavy atom. The lowest BCUT2D eigenvalue weighted by Gasteiger charge is -2.11. The predicted octanol–water partition coefficient (Wildman–Crippen LogP) is 2.91. The Balaban J connectivity index is 1.85. The fraction of sp³-hybridized carbons (Fsp3) is 0. The monoisotopic (exact) mass is 387 g/mol. The summed E-state index contributed by atoms with van der Waals surface area (Å²) in [7, 11) is -4.03. The van der Waals surface area contributed by atoms with Gasteiger partial charge in [0.05, 0.1) is 17.4 Å². The largest absolute Gasteiger partial charge is 0.456 e. The summed E-state index contributed by atoms with van der Waals surface area (Å²) in [4.78, 5) is 14.7. The predicted molar refractivity (Wildman–Crippen MR) is 96.5 cm³/mol. The Labute approximate surface area is 154 Å². The lowest BCUT2D eigenvalue weighted by atomic mass is 10.2. The molecule has 3 N–H and O–H groups in total. The number of aromatic nitrogens is 1. The number of sulfonamides is 1. The Morgan fingerprint density at radius 1 is 1.07 bits per heavy atom. The van der Waals surface area contributed by atoms with E-state index in [4.69, 9.17) is 10.5 Å². The maximum atomic E-state index is 13.2. The summed E-state index contributed by atoms with van der Waals surface area (Å²) in [6.07, 6.45) is 1.94. The van der Waals surface area contributed by atoms with Gasteiger partial charge in [-0.25, -0.2) is 12.8 Å². The Hall–Kier alpha value is -3.46. The van der Waals surface area contributed by atoms with Gasteiger partial charge in [-0.1, -0.05) is 18.2 Å². The third-order valence-electron chi connectivity index (χ3n) is 3.46. The van der Waals surface area contributed by atoms with E-state index in [1.54, 1.807) is 30.3 Å². The van der Waals surface area contributed by atoms with Gasteiger partial charge in [0.2, 0.25) is 0 Å². The zero-order valence-corrected chi connectivity index (χ0v) is 14.6. The third kappa shape index (κ3) is 4.39. The van der Waals surface area contributed by atoms with Crippen LogP contribution in [0.2, 0.25) is 0 Å². The molecule has 138 valence electrons. The van der Waals surface area contributed by atoms with E-state index in [0.29, 0.717) is 0 Å². The minimum absolute atomic E-state index is 0.188. The zero-order valence-electron chi connectivity index (χ0n) is 13.8. The van der Waals surface area contributed by atoms with Crippen molar-refractivity contribution in [3.63, 3.8) is 0 Å². The molecular formula is C18H14FN3O4S. The van der Waals surface area contributed by atoms with Crippen molar-refractivity contribution in [3.8, 4) is 11.5 Å². The van der Waals surface area contributed by atoms with E-state index in [0.717, 1.165) is 18.5 Å². The number of nitrogens with zero attached hydrogens (tertiary/aromatic N) is 1. The molecule has 27 heavy (non-hydrogen) atoms. The van der Waals surface area contributed by atoms with Gasteiger partial charge in [-0.05, 0) is 30.3 Å². The van der Waals surface area contributed by atoms with Crippen LogP contribution in [0.25, 0.3) is 0 Å². The first kappa shape index (κ1) is 18.3. The number of para-hydroxylation sites is 1. The van der Waals surface area contributed by atoms with Crippen molar-refractivity contribution in [2.24, 2.45) is 5.73 Å². The molecule has 3 rings (SSSR count). The molecule has 0 saturated heterocycles. The van der Waals surface area contributed by atoms with Crippen molar-refractivity contribution in [1.82, 2.24) is 4.98 Å². The van der Waals surface area contributed by atoms with Gasteiger partial charge >= 0.3 is 0 Å². The van der Waals surface area contributed by atoms with Crippen molar-refractivity contribution < 1.29 is 22.3 Å². The maximum Gasteiger partial charge on any atom is 0.263 e. The van der Waals surface area contributed by atoms with Crippen molar-refractivity contribution >= 4 is 21.6 Å². The Bertz CT molecular complexity index is 1100. The van der Waals surface area contributed by atoms with E-state index >= 15 is 0 Å². The van der Waals surface area contributed by atoms with E-state index in [-0.39, 0.29) is 27.6 Å². The van der Waals surface area contributed by atoms with Gasteiger partial charge in [0, 0.05) is 12.3 Å². The Morgan fingerprint density at radius 3 is 2.59 bits per heavy atom. The lowest BCUT2D eigenvalue weighted by molar-refractivity contribution is 0.0998. The van der Waals surface area contributed by atoms with Crippen LogP contribution in [0.3, 0.4) is 0 Å². The van der Waals surface area contributed by atoms with Crippen LogP contribution in [-0.2, 0) is 10.0 Å². The molecule has 1 heterocycles. The van der Waals surface area contributed by atoms with Gasteiger partial charge in [0.25, 0.3) is 15.9 Å². The first-order valence-corrected chi connectivity index (χ1v) is 9.13. The summed E-state index contributed by atoms with van der Waals surface area (Å²) >= 11 is 0. The molecule has 3 aromatic rings. The average molecular weight is 387 g/mol. The highest BCUT2D eigenvalue weighted by Gasteiger charge is 2.16. The van der Waals surface area contributed by atoms with E-state index in [9.17, 15) is 17.6 Å². The highest BCUT2D eigenvalue weighted by molar-refractivity contribution is 7.92. The Kier molecular flexibility index (Phi) is 5.04. The van der Waals surface area contributed by atoms with Crippen molar-refractivity contribution in [1.29, 1.82) is 0 Å². The normalized spacial score (nSPS) is 11.0. The number of primary amides is 1. The van der Waals surface area contributed by atoms with Crippen molar-refractivity contribution in [2.75, 3.05) is 4.72 Å². The minimum Gasteiger partial charge on any atom is -0.456 e. The van der Waals surface area contributed by atoms with Crippen LogP contribution in [0, 0.1) is 5.82 Å². The number of rotatable bonds is 6. The number of halogens is 1. The van der Waals surface area contributed by atoms with Crippen LogP contribution in [0.4, 0.5) is 10.1 Å². The number of pyridine rings is 1. The molecule has 0 aliphatic rings. The number of carbonyl (C=O) groups is 1. The molecule has 7 nitrogen and oxygen atoms in total. The number of hydrogen-bond acceptors (Lipinski definition) is 5. The molecule has 1 amide bonds. The van der Waals surface area contributed by atoms with Gasteiger partial charge in [-0.3, -0.25) is 14.5 Å². The van der Waals surface area contributed by atoms with Crippen LogP contribution in [0.1, 0.15) is 10.4 Å². The summed E-state index contributed by atoms with van der Waals surface area (Å²) in [5, 5.41) is 0. The number of benzene rings is 2. The standard InChI is InChI=1S/C18H14FN3O4S/c19-12-8-15(11-21-10-12)27(24,25)22-13-4-3-5-14(9-13)26-17-7-2-1-6-16(17)18(20)23/h1-11,22H,(H2,20,23). The van der Waals surface area contributed by atoms with Crippen molar-refractivity contribution in [2.45, 2.75) is 4.90 Å². The lowest BCUT2D eigenvalue weighted by Crippen LogP contribution is -2.13. The fourth-order valence-corrected chi connectivity index (χ4v) is 3.29. The molecular weight excluding hydrogens is 373 g/mol. The highest BCUT2D eigenvalue weighted by Crippen LogP contribution is 2.27. The molecule has 0 atom stereocenters. The van der Waals surface area contributed by atoms with Gasteiger partial charge in [-0.15, -0.1) is 0 Å². The molecule has 9 heteroatoms. The molecule has 0 unspecified atom stereocenters. The number of nitrogens with two attached hydrogens (primary N) is 1. The van der Waals surface area contributed by atoms with E-state index in [1.165, 1.54) is 18.2 Å². The number of nitrogens with one attached hydrogen (secondary N) is 1. The summed E-state index contributed by atoms with van der Waals surface area (Å²) in [6, 6.07) is 13.3. The topological polar surface area (TPSA) is 111 Å². The van der Waals surface area contributed by atoms with Crippen LogP contribution < -0.4 is 15.2 Å². The van der Waals surface area contributed by atoms with E-state index in [2.05, 4.69) is 9.71 Å². The number of ether oxygens (including phenoxy) is 1. The quantitative estimate of drug-likeness (QED) is 0.675. The number of amides is 1. The van der Waals surface area contributed by atoms with Crippen LogP contribution in [0.15, 0.2) is 71.9 Å². The first-order valence-electron chi connectivity index (χ1n) is 7.65. The molecule has 2 aromatic carbocycles. The molecule has 0 aliphatic heterocycles. The number of hydrogen-bond donors (Lipinski definition) is 2. The second-order valence-electron chi connectivity index (χ2n) is 5.43. The molecule has 0 fully saturated rings.